The van der Waals surface area contributed by atoms with Gasteiger partial charge in [-0.1, -0.05) is 18.9 Å². The molecule has 34 heavy (non-hydrogen) atoms. The largest absolute Gasteiger partial charge is 0.390 e. The lowest BCUT2D eigenvalue weighted by Gasteiger charge is -2.17. The van der Waals surface area contributed by atoms with Gasteiger partial charge in [0.15, 0.2) is 22.8 Å². The highest BCUT2D eigenvalue weighted by molar-refractivity contribution is 5.84. The molecule has 5 rings (SSSR count). The first-order valence-corrected chi connectivity index (χ1v) is 11.9. The smallest absolute Gasteiger partial charge is 0.226 e. The molecule has 0 amide bonds. The van der Waals surface area contributed by atoms with Crippen LogP contribution < -0.4 is 10.6 Å². The molecule has 1 saturated carbocycles. The Kier molecular flexibility index (Phi) is 6.14. The predicted molar refractivity (Wildman–Crippen MR) is 131 cm³/mol. The minimum Gasteiger partial charge on any atom is -0.390 e. The van der Waals surface area contributed by atoms with Crippen LogP contribution in [0, 0.1) is 0 Å². The number of nitrogens with one attached hydrogen (secondary N) is 2. The molecule has 4 aromatic rings. The molecule has 0 spiro atoms. The molecular weight excluding hydrogens is 430 g/mol. The van der Waals surface area contributed by atoms with E-state index in [1.807, 2.05) is 36.9 Å². The number of fused-ring (bicyclic) bond motifs is 1. The van der Waals surface area contributed by atoms with Gasteiger partial charge in [0, 0.05) is 37.7 Å². The van der Waals surface area contributed by atoms with Gasteiger partial charge in [-0.15, -0.1) is 0 Å². The van der Waals surface area contributed by atoms with E-state index in [0.717, 1.165) is 35.4 Å². The van der Waals surface area contributed by atoms with Crippen molar-refractivity contribution in [3.63, 3.8) is 0 Å². The number of aliphatic hydroxyl groups is 1. The zero-order chi connectivity index (χ0) is 23.5. The monoisotopic (exact) mass is 461 g/mol. The quantitative estimate of drug-likeness (QED) is 0.345. The third kappa shape index (κ3) is 5.01. The van der Waals surface area contributed by atoms with E-state index in [0.29, 0.717) is 37.3 Å². The molecule has 0 aromatic carbocycles. The van der Waals surface area contributed by atoms with Gasteiger partial charge in [-0.05, 0) is 50.8 Å². The van der Waals surface area contributed by atoms with Crippen molar-refractivity contribution >= 4 is 22.9 Å². The van der Waals surface area contributed by atoms with Crippen LogP contribution in [0.1, 0.15) is 57.6 Å². The summed E-state index contributed by atoms with van der Waals surface area (Å²) in [6, 6.07) is 6.26. The fourth-order valence-corrected chi connectivity index (χ4v) is 4.30. The van der Waals surface area contributed by atoms with Crippen LogP contribution in [0.3, 0.4) is 0 Å². The number of nitrogens with zero attached hydrogens (tertiary/aromatic N) is 7. The molecule has 178 valence electrons. The van der Waals surface area contributed by atoms with Gasteiger partial charge in [0.25, 0.3) is 0 Å². The van der Waals surface area contributed by atoms with Gasteiger partial charge in [0.1, 0.15) is 0 Å². The Morgan fingerprint density at radius 1 is 1.12 bits per heavy atom. The van der Waals surface area contributed by atoms with Crippen LogP contribution in [-0.4, -0.2) is 51.5 Å². The van der Waals surface area contributed by atoms with E-state index in [2.05, 4.69) is 30.3 Å². The summed E-state index contributed by atoms with van der Waals surface area (Å²) < 4.78 is 3.92. The highest BCUT2D eigenvalue weighted by Gasteiger charge is 2.22. The number of imidazole rings is 1. The van der Waals surface area contributed by atoms with Crippen LogP contribution in [0.5, 0.6) is 0 Å². The fraction of sp³-hybridized carbons (Fsp3) is 0.458. The highest BCUT2D eigenvalue weighted by atomic mass is 16.3. The topological polar surface area (TPSA) is 119 Å². The first-order chi connectivity index (χ1) is 16.5. The summed E-state index contributed by atoms with van der Waals surface area (Å²) in [5, 5.41) is 21.0. The van der Waals surface area contributed by atoms with E-state index in [1.165, 1.54) is 12.8 Å². The normalized spacial score (nSPS) is 14.7. The van der Waals surface area contributed by atoms with E-state index in [9.17, 15) is 5.11 Å². The maximum absolute atomic E-state index is 10.0. The van der Waals surface area contributed by atoms with Crippen LogP contribution in [0.25, 0.3) is 17.0 Å². The van der Waals surface area contributed by atoms with E-state index >= 15 is 0 Å². The van der Waals surface area contributed by atoms with Crippen LogP contribution >= 0.6 is 0 Å². The molecule has 0 unspecified atom stereocenters. The van der Waals surface area contributed by atoms with Crippen molar-refractivity contribution in [2.75, 3.05) is 17.2 Å². The molecule has 1 aliphatic carbocycles. The Balaban J connectivity index is 1.38. The summed E-state index contributed by atoms with van der Waals surface area (Å²) in [4.78, 5) is 18.7. The second kappa shape index (κ2) is 9.38. The minimum atomic E-state index is -0.751. The van der Waals surface area contributed by atoms with Crippen LogP contribution in [0.15, 0.2) is 43.1 Å². The van der Waals surface area contributed by atoms with E-state index in [4.69, 9.17) is 9.97 Å². The van der Waals surface area contributed by atoms with E-state index in [1.54, 1.807) is 24.7 Å². The number of hydrogen-bond acceptors (Lipinski definition) is 8. The van der Waals surface area contributed by atoms with Gasteiger partial charge in [-0.25, -0.2) is 14.6 Å². The van der Waals surface area contributed by atoms with Crippen molar-refractivity contribution in [2.24, 2.45) is 0 Å². The standard InChI is InChI=1S/C24H31N9O/c1-24(2,34)10-12-25-23-30-21(20-22(31-23)32(16-28-20)18-6-3-4-7-18)27-15-17-8-9-19(26-14-17)33-13-5-11-29-33/h5,8-9,11,13-14,16,18,34H,3-4,6-7,10,12,15H2,1-2H3,(H2,25,27,30,31). The summed E-state index contributed by atoms with van der Waals surface area (Å²) in [7, 11) is 0. The second-order valence-corrected chi connectivity index (χ2v) is 9.48. The summed E-state index contributed by atoms with van der Waals surface area (Å²) in [6.07, 6.45) is 12.7. The SMILES string of the molecule is CC(C)(O)CCNc1nc(NCc2ccc(-n3cccn3)nc2)c2ncn(C3CCCC3)c2n1. The summed E-state index contributed by atoms with van der Waals surface area (Å²) >= 11 is 0. The van der Waals surface area contributed by atoms with E-state index in [-0.39, 0.29) is 0 Å². The Bertz CT molecular complexity index is 1220. The average Bonchev–Trinajstić information content (AvgIpc) is 3.58. The lowest BCUT2D eigenvalue weighted by Crippen LogP contribution is -2.23. The third-order valence-corrected chi connectivity index (χ3v) is 6.17. The Morgan fingerprint density at radius 2 is 1.97 bits per heavy atom. The molecule has 3 N–H and O–H groups in total. The maximum atomic E-state index is 10.0. The van der Waals surface area contributed by atoms with Crippen molar-refractivity contribution in [1.82, 2.24) is 34.3 Å². The van der Waals surface area contributed by atoms with Crippen molar-refractivity contribution in [3.05, 3.63) is 48.7 Å². The summed E-state index contributed by atoms with van der Waals surface area (Å²) in [5.74, 6) is 1.99. The second-order valence-electron chi connectivity index (χ2n) is 9.48. The number of pyridine rings is 1. The number of rotatable bonds is 9. The first kappa shape index (κ1) is 22.3. The molecule has 0 saturated heterocycles. The van der Waals surface area contributed by atoms with Gasteiger partial charge in [0.2, 0.25) is 5.95 Å². The van der Waals surface area contributed by atoms with Crippen molar-refractivity contribution < 1.29 is 5.11 Å². The Hall–Kier alpha value is -3.53. The zero-order valence-electron chi connectivity index (χ0n) is 19.6. The highest BCUT2D eigenvalue weighted by Crippen LogP contribution is 2.33. The molecule has 4 aromatic heterocycles. The number of aromatic nitrogens is 7. The molecule has 4 heterocycles. The zero-order valence-corrected chi connectivity index (χ0v) is 19.6. The van der Waals surface area contributed by atoms with Gasteiger partial charge >= 0.3 is 0 Å². The molecule has 0 atom stereocenters. The number of hydrogen-bond donors (Lipinski definition) is 3. The fourth-order valence-electron chi connectivity index (χ4n) is 4.30. The molecule has 0 radical (unpaired) electrons. The predicted octanol–water partition coefficient (Wildman–Crippen LogP) is 3.71. The van der Waals surface area contributed by atoms with Gasteiger partial charge < -0.3 is 20.3 Å². The van der Waals surface area contributed by atoms with E-state index < -0.39 is 5.60 Å². The Morgan fingerprint density at radius 3 is 2.68 bits per heavy atom. The first-order valence-electron chi connectivity index (χ1n) is 11.9. The van der Waals surface area contributed by atoms with Crippen LogP contribution in [-0.2, 0) is 6.54 Å². The molecule has 1 aliphatic rings. The average molecular weight is 462 g/mol. The molecule has 0 bridgehead atoms. The summed E-state index contributed by atoms with van der Waals surface area (Å²) in [6.45, 7) is 4.72. The van der Waals surface area contributed by atoms with Gasteiger partial charge in [-0.3, -0.25) is 0 Å². The lowest BCUT2D eigenvalue weighted by molar-refractivity contribution is 0.0748. The summed E-state index contributed by atoms with van der Waals surface area (Å²) in [5.41, 5.74) is 1.87. The van der Waals surface area contributed by atoms with Crippen molar-refractivity contribution in [2.45, 2.75) is 64.1 Å². The van der Waals surface area contributed by atoms with Crippen LogP contribution in [0.4, 0.5) is 11.8 Å². The molecule has 0 aliphatic heterocycles. The van der Waals surface area contributed by atoms with Crippen molar-refractivity contribution in [1.29, 1.82) is 0 Å². The Labute approximate surface area is 198 Å². The molecule has 1 fully saturated rings. The molecular formula is C24H31N9O. The number of anilines is 2. The molecule has 10 heteroatoms. The van der Waals surface area contributed by atoms with Crippen LogP contribution in [0.2, 0.25) is 0 Å². The van der Waals surface area contributed by atoms with Gasteiger partial charge in [-0.2, -0.15) is 15.1 Å². The lowest BCUT2D eigenvalue weighted by atomic mass is 10.1. The molecule has 10 nitrogen and oxygen atoms in total. The minimum absolute atomic E-state index is 0.427. The third-order valence-electron chi connectivity index (χ3n) is 6.17. The van der Waals surface area contributed by atoms with Gasteiger partial charge in [0.05, 0.1) is 11.9 Å². The maximum Gasteiger partial charge on any atom is 0.226 e. The van der Waals surface area contributed by atoms with Crippen molar-refractivity contribution in [3.8, 4) is 5.82 Å².